The van der Waals surface area contributed by atoms with Gasteiger partial charge < -0.3 is 10.3 Å². The molecule has 0 aliphatic heterocycles. The maximum Gasteiger partial charge on any atom is 0.107 e. The molecule has 0 amide bonds. The van der Waals surface area contributed by atoms with E-state index in [1.54, 1.807) is 6.20 Å². The van der Waals surface area contributed by atoms with Crippen LogP contribution in [0.1, 0.15) is 11.4 Å². The third-order valence-corrected chi connectivity index (χ3v) is 2.74. The molecule has 0 atom stereocenters. The molecule has 2 aromatic rings. The molecular weight excluding hydrogens is 222 g/mol. The van der Waals surface area contributed by atoms with Crippen LogP contribution in [0, 0.1) is 0 Å². The summed E-state index contributed by atoms with van der Waals surface area (Å²) in [5.74, 6) is 1.01. The van der Waals surface area contributed by atoms with E-state index in [0.29, 0.717) is 0 Å². The number of aromatic amines is 1. The number of nitrogens with one attached hydrogen (secondary N) is 2. The fraction of sp³-hybridized carbons (Fsp3) is 0.250. The molecular formula is C12H14ClN3. The number of aromatic nitrogens is 2. The highest BCUT2D eigenvalue weighted by molar-refractivity contribution is 6.31. The SMILES string of the molecule is Clc1ccccc1CNCCc1ncc[nH]1. The monoisotopic (exact) mass is 235 g/mol. The standard InChI is InChI=1S/C12H14ClN3/c13-11-4-2-1-3-10(11)9-14-6-5-12-15-7-8-16-12/h1-4,7-8,14H,5-6,9H2,(H,15,16). The fourth-order valence-corrected chi connectivity index (χ4v) is 1.71. The van der Waals surface area contributed by atoms with E-state index in [4.69, 9.17) is 11.6 Å². The predicted molar refractivity (Wildman–Crippen MR) is 65.5 cm³/mol. The van der Waals surface area contributed by atoms with Gasteiger partial charge in [-0.2, -0.15) is 0 Å². The van der Waals surface area contributed by atoms with Crippen LogP contribution in [0.5, 0.6) is 0 Å². The normalized spacial score (nSPS) is 10.6. The van der Waals surface area contributed by atoms with Gasteiger partial charge in [0.2, 0.25) is 0 Å². The summed E-state index contributed by atoms with van der Waals surface area (Å²) in [6.07, 6.45) is 4.50. The molecule has 84 valence electrons. The van der Waals surface area contributed by atoms with Crippen molar-refractivity contribution in [2.45, 2.75) is 13.0 Å². The van der Waals surface area contributed by atoms with Crippen LogP contribution in [0.25, 0.3) is 0 Å². The first-order valence-corrected chi connectivity index (χ1v) is 5.66. The molecule has 16 heavy (non-hydrogen) atoms. The van der Waals surface area contributed by atoms with Gasteiger partial charge >= 0.3 is 0 Å². The van der Waals surface area contributed by atoms with Gasteiger partial charge in [0, 0.05) is 36.9 Å². The van der Waals surface area contributed by atoms with Crippen molar-refractivity contribution in [1.29, 1.82) is 0 Å². The molecule has 0 aliphatic carbocycles. The molecule has 2 N–H and O–H groups in total. The number of hydrogen-bond donors (Lipinski definition) is 2. The zero-order valence-corrected chi connectivity index (χ0v) is 9.67. The number of hydrogen-bond acceptors (Lipinski definition) is 2. The quantitative estimate of drug-likeness (QED) is 0.782. The number of benzene rings is 1. The van der Waals surface area contributed by atoms with Crippen LogP contribution in [0.3, 0.4) is 0 Å². The molecule has 2 rings (SSSR count). The molecule has 0 saturated heterocycles. The summed E-state index contributed by atoms with van der Waals surface area (Å²) in [5, 5.41) is 4.15. The third-order valence-electron chi connectivity index (χ3n) is 2.37. The molecule has 0 saturated carbocycles. The Labute approximate surface area is 99.9 Å². The van der Waals surface area contributed by atoms with Gasteiger partial charge in [0.15, 0.2) is 0 Å². The maximum atomic E-state index is 6.04. The predicted octanol–water partition coefficient (Wildman–Crippen LogP) is 2.40. The number of rotatable bonds is 5. The number of H-pyrrole nitrogens is 1. The van der Waals surface area contributed by atoms with Crippen molar-refractivity contribution in [1.82, 2.24) is 15.3 Å². The minimum atomic E-state index is 0.792. The van der Waals surface area contributed by atoms with Gasteiger partial charge in [0.05, 0.1) is 0 Å². The second-order valence-electron chi connectivity index (χ2n) is 3.55. The zero-order valence-electron chi connectivity index (χ0n) is 8.91. The van der Waals surface area contributed by atoms with Crippen molar-refractivity contribution >= 4 is 11.6 Å². The summed E-state index contributed by atoms with van der Waals surface area (Å²) in [6.45, 7) is 1.68. The second-order valence-corrected chi connectivity index (χ2v) is 3.96. The van der Waals surface area contributed by atoms with Gasteiger partial charge in [0.25, 0.3) is 0 Å². The van der Waals surface area contributed by atoms with Gasteiger partial charge in [-0.15, -0.1) is 0 Å². The lowest BCUT2D eigenvalue weighted by Gasteiger charge is -2.05. The van der Waals surface area contributed by atoms with E-state index >= 15 is 0 Å². The van der Waals surface area contributed by atoms with Gasteiger partial charge in [-0.05, 0) is 11.6 Å². The molecule has 1 heterocycles. The van der Waals surface area contributed by atoms with E-state index in [9.17, 15) is 0 Å². The van der Waals surface area contributed by atoms with Gasteiger partial charge in [0.1, 0.15) is 5.82 Å². The van der Waals surface area contributed by atoms with Crippen molar-refractivity contribution in [2.24, 2.45) is 0 Å². The van der Waals surface area contributed by atoms with Crippen LogP contribution in [-0.4, -0.2) is 16.5 Å². The van der Waals surface area contributed by atoms with Crippen LogP contribution < -0.4 is 5.32 Å². The number of nitrogens with zero attached hydrogens (tertiary/aromatic N) is 1. The van der Waals surface area contributed by atoms with Crippen LogP contribution in [0.2, 0.25) is 5.02 Å². The molecule has 0 bridgehead atoms. The first-order valence-electron chi connectivity index (χ1n) is 5.28. The Kier molecular flexibility index (Phi) is 3.97. The highest BCUT2D eigenvalue weighted by atomic mass is 35.5. The van der Waals surface area contributed by atoms with E-state index in [1.165, 1.54) is 0 Å². The first-order chi connectivity index (χ1) is 7.86. The van der Waals surface area contributed by atoms with Crippen molar-refractivity contribution in [3.63, 3.8) is 0 Å². The largest absolute Gasteiger partial charge is 0.349 e. The Hall–Kier alpha value is -1.32. The molecule has 1 aromatic heterocycles. The summed E-state index contributed by atoms with van der Waals surface area (Å²) < 4.78 is 0. The van der Waals surface area contributed by atoms with Crippen molar-refractivity contribution in [3.05, 3.63) is 53.1 Å². The van der Waals surface area contributed by atoms with Crippen LogP contribution in [0.15, 0.2) is 36.7 Å². The molecule has 1 aromatic carbocycles. The van der Waals surface area contributed by atoms with E-state index in [2.05, 4.69) is 15.3 Å². The van der Waals surface area contributed by atoms with Crippen LogP contribution in [0.4, 0.5) is 0 Å². The smallest absolute Gasteiger partial charge is 0.107 e. The first kappa shape index (κ1) is 11.2. The molecule has 0 radical (unpaired) electrons. The molecule has 0 spiro atoms. The minimum Gasteiger partial charge on any atom is -0.349 e. The summed E-state index contributed by atoms with van der Waals surface area (Å²) in [6, 6.07) is 7.87. The number of imidazole rings is 1. The molecule has 0 fully saturated rings. The van der Waals surface area contributed by atoms with Gasteiger partial charge in [-0.1, -0.05) is 29.8 Å². The Morgan fingerprint density at radius 3 is 2.94 bits per heavy atom. The lowest BCUT2D eigenvalue weighted by atomic mass is 10.2. The van der Waals surface area contributed by atoms with Crippen molar-refractivity contribution < 1.29 is 0 Å². The van der Waals surface area contributed by atoms with Crippen molar-refractivity contribution in [2.75, 3.05) is 6.54 Å². The van der Waals surface area contributed by atoms with Gasteiger partial charge in [-0.3, -0.25) is 0 Å². The molecule has 4 heteroatoms. The highest BCUT2D eigenvalue weighted by Gasteiger charge is 1.98. The highest BCUT2D eigenvalue weighted by Crippen LogP contribution is 2.14. The lowest BCUT2D eigenvalue weighted by molar-refractivity contribution is 0.674. The second kappa shape index (κ2) is 5.68. The number of halogens is 1. The average Bonchev–Trinajstić information content (AvgIpc) is 2.79. The van der Waals surface area contributed by atoms with E-state index in [-0.39, 0.29) is 0 Å². The molecule has 0 unspecified atom stereocenters. The summed E-state index contributed by atoms with van der Waals surface area (Å²) >= 11 is 6.04. The Morgan fingerprint density at radius 2 is 2.19 bits per heavy atom. The van der Waals surface area contributed by atoms with Crippen LogP contribution >= 0.6 is 11.6 Å². The molecule has 0 aliphatic rings. The maximum absolute atomic E-state index is 6.04. The topological polar surface area (TPSA) is 40.7 Å². The summed E-state index contributed by atoms with van der Waals surface area (Å²) in [5.41, 5.74) is 1.13. The van der Waals surface area contributed by atoms with E-state index in [0.717, 1.165) is 35.9 Å². The average molecular weight is 236 g/mol. The lowest BCUT2D eigenvalue weighted by Crippen LogP contribution is -2.17. The Morgan fingerprint density at radius 1 is 1.31 bits per heavy atom. The minimum absolute atomic E-state index is 0.792. The zero-order chi connectivity index (χ0) is 11.2. The van der Waals surface area contributed by atoms with E-state index < -0.39 is 0 Å². The molecule has 3 nitrogen and oxygen atoms in total. The van der Waals surface area contributed by atoms with Crippen LogP contribution in [-0.2, 0) is 13.0 Å². The van der Waals surface area contributed by atoms with Gasteiger partial charge in [-0.25, -0.2) is 4.98 Å². The summed E-state index contributed by atoms with van der Waals surface area (Å²) in [7, 11) is 0. The van der Waals surface area contributed by atoms with E-state index in [1.807, 2.05) is 30.5 Å². The van der Waals surface area contributed by atoms with Crippen molar-refractivity contribution in [3.8, 4) is 0 Å². The third kappa shape index (κ3) is 3.08. The Balaban J connectivity index is 1.74. The summed E-state index contributed by atoms with van der Waals surface area (Å²) in [4.78, 5) is 7.23. The Bertz CT molecular complexity index is 426. The fourth-order valence-electron chi connectivity index (χ4n) is 1.51.